The van der Waals surface area contributed by atoms with Crippen LogP contribution in [0.15, 0.2) is 22.8 Å². The minimum absolute atomic E-state index is 0.0315. The highest BCUT2D eigenvalue weighted by molar-refractivity contribution is 5.93. The first kappa shape index (κ1) is 16.5. The summed E-state index contributed by atoms with van der Waals surface area (Å²) in [5, 5.41) is 2.86. The van der Waals surface area contributed by atoms with Crippen molar-refractivity contribution in [1.29, 1.82) is 0 Å². The Morgan fingerprint density at radius 2 is 1.79 bits per heavy atom. The zero-order chi connectivity index (χ0) is 17.3. The molecule has 2 atom stereocenters. The van der Waals surface area contributed by atoms with Crippen LogP contribution in [-0.2, 0) is 9.59 Å². The number of nitrogens with zero attached hydrogens (tertiary/aromatic N) is 2. The summed E-state index contributed by atoms with van der Waals surface area (Å²) in [5.74, 6) is -0.215. The molecule has 1 aromatic heterocycles. The van der Waals surface area contributed by atoms with Crippen LogP contribution in [0.5, 0.6) is 0 Å². The van der Waals surface area contributed by atoms with Gasteiger partial charge in [0.15, 0.2) is 5.76 Å². The van der Waals surface area contributed by atoms with E-state index in [1.165, 1.54) is 6.26 Å². The van der Waals surface area contributed by atoms with Crippen LogP contribution in [0.4, 0.5) is 0 Å². The lowest BCUT2D eigenvalue weighted by atomic mass is 10.2. The Morgan fingerprint density at radius 1 is 1.12 bits per heavy atom. The van der Waals surface area contributed by atoms with E-state index in [2.05, 4.69) is 5.32 Å². The Labute approximate surface area is 141 Å². The van der Waals surface area contributed by atoms with Gasteiger partial charge in [-0.15, -0.1) is 0 Å². The molecule has 1 aliphatic heterocycles. The predicted molar refractivity (Wildman–Crippen MR) is 86.1 cm³/mol. The van der Waals surface area contributed by atoms with Crippen molar-refractivity contribution < 1.29 is 18.8 Å². The van der Waals surface area contributed by atoms with Crippen molar-refractivity contribution in [2.45, 2.75) is 26.3 Å². The van der Waals surface area contributed by atoms with Gasteiger partial charge in [-0.1, -0.05) is 0 Å². The molecule has 2 heterocycles. The first-order valence-electron chi connectivity index (χ1n) is 8.39. The van der Waals surface area contributed by atoms with E-state index in [-0.39, 0.29) is 35.6 Å². The molecule has 2 unspecified atom stereocenters. The second-order valence-electron chi connectivity index (χ2n) is 6.71. The van der Waals surface area contributed by atoms with Gasteiger partial charge in [0.2, 0.25) is 11.8 Å². The van der Waals surface area contributed by atoms with E-state index in [0.717, 1.165) is 0 Å². The lowest BCUT2D eigenvalue weighted by Gasteiger charge is -2.34. The maximum atomic E-state index is 12.5. The van der Waals surface area contributed by atoms with Crippen LogP contribution in [0.1, 0.15) is 30.8 Å². The quantitative estimate of drug-likeness (QED) is 0.880. The topological polar surface area (TPSA) is 82.9 Å². The van der Waals surface area contributed by atoms with Gasteiger partial charge in [-0.3, -0.25) is 14.4 Å². The fraction of sp³-hybridized carbons (Fsp3) is 0.588. The van der Waals surface area contributed by atoms with Crippen molar-refractivity contribution in [3.05, 3.63) is 24.2 Å². The maximum Gasteiger partial charge on any atom is 0.289 e. The molecule has 0 bridgehead atoms. The smallest absolute Gasteiger partial charge is 0.289 e. The second kappa shape index (κ2) is 6.67. The Hall–Kier alpha value is -2.31. The Morgan fingerprint density at radius 3 is 2.38 bits per heavy atom. The standard InChI is InChI=1S/C17H23N3O4/c1-11(2)18-15(21)12-10-13(12)16(22)19-5-7-20(8-6-19)17(23)14-4-3-9-24-14/h3-4,9,11-13H,5-8,10H2,1-2H3,(H,18,21). The van der Waals surface area contributed by atoms with Crippen molar-refractivity contribution in [3.8, 4) is 0 Å². The largest absolute Gasteiger partial charge is 0.459 e. The highest BCUT2D eigenvalue weighted by atomic mass is 16.3. The van der Waals surface area contributed by atoms with Gasteiger partial charge in [0.1, 0.15) is 0 Å². The molecule has 3 amide bonds. The second-order valence-corrected chi connectivity index (χ2v) is 6.71. The highest BCUT2D eigenvalue weighted by Gasteiger charge is 2.49. The average molecular weight is 333 g/mol. The molecule has 1 saturated heterocycles. The van der Waals surface area contributed by atoms with Gasteiger partial charge in [0.05, 0.1) is 18.1 Å². The molecular formula is C17H23N3O4. The van der Waals surface area contributed by atoms with Crippen molar-refractivity contribution in [2.24, 2.45) is 11.8 Å². The molecular weight excluding hydrogens is 310 g/mol. The number of hydrogen-bond donors (Lipinski definition) is 1. The maximum absolute atomic E-state index is 12.5. The SMILES string of the molecule is CC(C)NC(=O)C1CC1C(=O)N1CCN(C(=O)c2ccco2)CC1. The molecule has 1 aliphatic carbocycles. The molecule has 130 valence electrons. The fourth-order valence-electron chi connectivity index (χ4n) is 3.07. The summed E-state index contributed by atoms with van der Waals surface area (Å²) < 4.78 is 5.13. The zero-order valence-electron chi connectivity index (χ0n) is 14.0. The predicted octanol–water partition coefficient (Wildman–Crippen LogP) is 0.725. The number of hydrogen-bond acceptors (Lipinski definition) is 4. The van der Waals surface area contributed by atoms with E-state index in [0.29, 0.717) is 38.4 Å². The van der Waals surface area contributed by atoms with Gasteiger partial charge >= 0.3 is 0 Å². The summed E-state index contributed by atoms with van der Waals surface area (Å²) in [6.07, 6.45) is 2.10. The zero-order valence-corrected chi connectivity index (χ0v) is 14.0. The van der Waals surface area contributed by atoms with Crippen molar-refractivity contribution in [3.63, 3.8) is 0 Å². The number of carbonyl (C=O) groups excluding carboxylic acids is 3. The first-order chi connectivity index (χ1) is 11.5. The van der Waals surface area contributed by atoms with E-state index >= 15 is 0 Å². The monoisotopic (exact) mass is 333 g/mol. The van der Waals surface area contributed by atoms with Gasteiger partial charge in [-0.25, -0.2) is 0 Å². The van der Waals surface area contributed by atoms with Crippen LogP contribution in [0.25, 0.3) is 0 Å². The minimum atomic E-state index is -0.198. The van der Waals surface area contributed by atoms with Crippen LogP contribution >= 0.6 is 0 Å². The Bertz CT molecular complexity index is 618. The third-order valence-corrected chi connectivity index (χ3v) is 4.49. The lowest BCUT2D eigenvalue weighted by molar-refractivity contribution is -0.136. The highest BCUT2D eigenvalue weighted by Crippen LogP contribution is 2.40. The summed E-state index contributed by atoms with van der Waals surface area (Å²) in [7, 11) is 0. The summed E-state index contributed by atoms with van der Waals surface area (Å²) in [5.41, 5.74) is 0. The van der Waals surface area contributed by atoms with Crippen LogP contribution in [0.3, 0.4) is 0 Å². The Kier molecular flexibility index (Phi) is 4.59. The number of rotatable bonds is 4. The Balaban J connectivity index is 1.48. The number of carbonyl (C=O) groups is 3. The number of furan rings is 1. The van der Waals surface area contributed by atoms with E-state index in [9.17, 15) is 14.4 Å². The molecule has 7 nitrogen and oxygen atoms in total. The van der Waals surface area contributed by atoms with E-state index in [1.807, 2.05) is 13.8 Å². The molecule has 7 heteroatoms. The van der Waals surface area contributed by atoms with Gasteiger partial charge < -0.3 is 19.5 Å². The summed E-state index contributed by atoms with van der Waals surface area (Å²) >= 11 is 0. The molecule has 24 heavy (non-hydrogen) atoms. The van der Waals surface area contributed by atoms with E-state index < -0.39 is 0 Å². The summed E-state index contributed by atoms with van der Waals surface area (Å²) in [6.45, 7) is 5.79. The van der Waals surface area contributed by atoms with Gasteiger partial charge in [-0.05, 0) is 32.4 Å². The average Bonchev–Trinajstić information content (AvgIpc) is 3.18. The van der Waals surface area contributed by atoms with E-state index in [4.69, 9.17) is 4.42 Å². The molecule has 0 radical (unpaired) electrons. The van der Waals surface area contributed by atoms with Crippen LogP contribution < -0.4 is 5.32 Å². The minimum Gasteiger partial charge on any atom is -0.459 e. The van der Waals surface area contributed by atoms with Crippen molar-refractivity contribution in [1.82, 2.24) is 15.1 Å². The molecule has 1 N–H and O–H groups in total. The molecule has 0 aromatic carbocycles. The molecule has 1 saturated carbocycles. The van der Waals surface area contributed by atoms with Crippen molar-refractivity contribution >= 4 is 17.7 Å². The fourth-order valence-corrected chi connectivity index (χ4v) is 3.07. The molecule has 2 fully saturated rings. The summed E-state index contributed by atoms with van der Waals surface area (Å²) in [6, 6.07) is 3.41. The van der Waals surface area contributed by atoms with E-state index in [1.54, 1.807) is 21.9 Å². The van der Waals surface area contributed by atoms with Gasteiger partial charge in [0, 0.05) is 32.2 Å². The molecule has 3 rings (SSSR count). The molecule has 0 spiro atoms. The third-order valence-electron chi connectivity index (χ3n) is 4.49. The third kappa shape index (κ3) is 3.44. The number of amides is 3. The van der Waals surface area contributed by atoms with Crippen LogP contribution in [0, 0.1) is 11.8 Å². The van der Waals surface area contributed by atoms with Gasteiger partial charge in [-0.2, -0.15) is 0 Å². The number of nitrogens with one attached hydrogen (secondary N) is 1. The molecule has 2 aliphatic rings. The lowest BCUT2D eigenvalue weighted by Crippen LogP contribution is -2.51. The number of piperazine rings is 1. The van der Waals surface area contributed by atoms with Gasteiger partial charge in [0.25, 0.3) is 5.91 Å². The van der Waals surface area contributed by atoms with Crippen LogP contribution in [-0.4, -0.2) is 59.7 Å². The normalized spacial score (nSPS) is 23.3. The first-order valence-corrected chi connectivity index (χ1v) is 8.39. The van der Waals surface area contributed by atoms with Crippen LogP contribution in [0.2, 0.25) is 0 Å². The summed E-state index contributed by atoms with van der Waals surface area (Å²) in [4.78, 5) is 40.1. The molecule has 1 aromatic rings. The van der Waals surface area contributed by atoms with Crippen molar-refractivity contribution in [2.75, 3.05) is 26.2 Å².